The van der Waals surface area contributed by atoms with E-state index in [1.165, 1.54) is 6.07 Å². The van der Waals surface area contributed by atoms with E-state index in [1.807, 2.05) is 35.3 Å². The zero-order valence-corrected chi connectivity index (χ0v) is 19.8. The number of carboxylic acids is 1. The first-order chi connectivity index (χ1) is 14.8. The average molecular weight is 517 g/mol. The molecule has 1 atom stereocenters. The van der Waals surface area contributed by atoms with Crippen molar-refractivity contribution in [1.82, 2.24) is 0 Å². The monoisotopic (exact) mass is 515 g/mol. The molecule has 31 heavy (non-hydrogen) atoms. The predicted molar refractivity (Wildman–Crippen MR) is 131 cm³/mol. The predicted octanol–water partition coefficient (Wildman–Crippen LogP) is 7.01. The molecular weight excluding hydrogens is 500 g/mol. The summed E-state index contributed by atoms with van der Waals surface area (Å²) < 4.78 is 0.507. The maximum absolute atomic E-state index is 10.2. The summed E-state index contributed by atoms with van der Waals surface area (Å²) in [6.07, 6.45) is 0.761. The van der Waals surface area contributed by atoms with Crippen molar-refractivity contribution in [3.63, 3.8) is 0 Å². The van der Waals surface area contributed by atoms with E-state index in [0.717, 1.165) is 34.7 Å². The average Bonchev–Trinajstić information content (AvgIpc) is 3.36. The summed E-state index contributed by atoms with van der Waals surface area (Å²) in [7, 11) is 0. The van der Waals surface area contributed by atoms with Gasteiger partial charge in [-0.2, -0.15) is 5.10 Å². The van der Waals surface area contributed by atoms with Crippen LogP contribution in [0.15, 0.2) is 59.7 Å². The van der Waals surface area contributed by atoms with E-state index in [1.54, 1.807) is 18.2 Å². The number of hydrogen-bond acceptors (Lipinski definition) is 5. The molecule has 0 saturated heterocycles. The number of aromatic carboxylic acids is 1. The molecule has 0 spiro atoms. The summed E-state index contributed by atoms with van der Waals surface area (Å²) in [6.45, 7) is 0.422. The number of rotatable bonds is 4. The van der Waals surface area contributed by atoms with Crippen molar-refractivity contribution < 1.29 is 9.90 Å². The quantitative estimate of drug-likeness (QED) is 0.390. The lowest BCUT2D eigenvalue weighted by atomic mass is 10.0. The minimum Gasteiger partial charge on any atom is -0.477 e. The first kappa shape index (κ1) is 23.9. The van der Waals surface area contributed by atoms with E-state index < -0.39 is 5.97 Å². The van der Waals surface area contributed by atoms with Crippen LogP contribution in [0.2, 0.25) is 19.4 Å². The Bertz CT molecular complexity index is 1100. The standard InChI is InChI=1S/C16H14Cl3N3.C5H3ClO2S/c17-11-3-1-10(2-4-11)16-8-13(9-20)21-22(16)15-6-5-12(18)7-14(15)19;6-4-2-1-3(9-4)5(7)8/h1-7,16H,8-9,20H2;1-2H,(H,7,8). The van der Waals surface area contributed by atoms with Gasteiger partial charge in [0.05, 0.1) is 26.8 Å². The fraction of sp³-hybridized carbons (Fsp3) is 0.143. The highest BCUT2D eigenvalue weighted by atomic mass is 35.5. The van der Waals surface area contributed by atoms with Crippen LogP contribution in [0, 0.1) is 0 Å². The van der Waals surface area contributed by atoms with E-state index in [-0.39, 0.29) is 10.9 Å². The van der Waals surface area contributed by atoms with Crippen LogP contribution in [0.1, 0.15) is 27.7 Å². The molecular formula is C21H17Cl4N3O2S. The molecule has 4 rings (SSSR count). The molecule has 2 aromatic carbocycles. The molecule has 3 N–H and O–H groups in total. The van der Waals surface area contributed by atoms with Gasteiger partial charge in [-0.1, -0.05) is 58.5 Å². The Morgan fingerprint density at radius 2 is 1.74 bits per heavy atom. The maximum atomic E-state index is 10.2. The molecule has 3 aromatic rings. The zero-order valence-electron chi connectivity index (χ0n) is 15.9. The first-order valence-corrected chi connectivity index (χ1v) is 11.4. The van der Waals surface area contributed by atoms with Crippen LogP contribution in [0.25, 0.3) is 0 Å². The Morgan fingerprint density at radius 1 is 1.06 bits per heavy atom. The molecule has 1 unspecified atom stereocenters. The van der Waals surface area contributed by atoms with Gasteiger partial charge in [0.25, 0.3) is 0 Å². The molecule has 1 aliphatic heterocycles. The molecule has 0 radical (unpaired) electrons. The molecule has 0 amide bonds. The summed E-state index contributed by atoms with van der Waals surface area (Å²) in [5.74, 6) is -0.924. The highest BCUT2D eigenvalue weighted by Gasteiger charge is 2.29. The molecule has 0 bridgehead atoms. The van der Waals surface area contributed by atoms with E-state index in [2.05, 4.69) is 5.10 Å². The van der Waals surface area contributed by atoms with Gasteiger partial charge in [0, 0.05) is 23.0 Å². The van der Waals surface area contributed by atoms with Gasteiger partial charge in [-0.25, -0.2) is 4.79 Å². The molecule has 0 saturated carbocycles. The summed E-state index contributed by atoms with van der Waals surface area (Å²) in [5.41, 5.74) is 8.63. The van der Waals surface area contributed by atoms with Gasteiger partial charge in [-0.15, -0.1) is 11.3 Å². The van der Waals surface area contributed by atoms with Crippen molar-refractivity contribution >= 4 is 75.1 Å². The van der Waals surface area contributed by atoms with Crippen LogP contribution in [-0.4, -0.2) is 23.3 Å². The number of nitrogens with two attached hydrogens (primary N) is 1. The smallest absolute Gasteiger partial charge is 0.345 e. The van der Waals surface area contributed by atoms with Crippen molar-refractivity contribution in [2.24, 2.45) is 10.8 Å². The van der Waals surface area contributed by atoms with Crippen molar-refractivity contribution in [3.05, 3.63) is 84.4 Å². The lowest BCUT2D eigenvalue weighted by Crippen LogP contribution is -2.19. The van der Waals surface area contributed by atoms with Gasteiger partial charge >= 0.3 is 5.97 Å². The SMILES string of the molecule is NCC1=NN(c2ccc(Cl)cc2Cl)C(c2ccc(Cl)cc2)C1.O=C(O)c1ccc(Cl)s1. The Hall–Kier alpha value is -1.80. The third-order valence-corrected chi connectivity index (χ3v) is 6.41. The summed E-state index contributed by atoms with van der Waals surface area (Å²) in [5, 5.41) is 16.7. The Morgan fingerprint density at radius 3 is 2.26 bits per heavy atom. The second-order valence-electron chi connectivity index (χ2n) is 6.49. The highest BCUT2D eigenvalue weighted by molar-refractivity contribution is 7.17. The first-order valence-electron chi connectivity index (χ1n) is 9.03. The zero-order chi connectivity index (χ0) is 22.5. The molecule has 5 nitrogen and oxygen atoms in total. The molecule has 0 aliphatic carbocycles. The van der Waals surface area contributed by atoms with E-state index in [9.17, 15) is 4.79 Å². The van der Waals surface area contributed by atoms with Gasteiger partial charge in [-0.05, 0) is 48.0 Å². The van der Waals surface area contributed by atoms with E-state index in [0.29, 0.717) is 25.9 Å². The number of carbonyl (C=O) groups is 1. The summed E-state index contributed by atoms with van der Waals surface area (Å²) >= 11 is 24.8. The Kier molecular flexibility index (Phi) is 8.22. The fourth-order valence-electron chi connectivity index (χ4n) is 2.96. The molecule has 2 heterocycles. The highest BCUT2D eigenvalue weighted by Crippen LogP contribution is 2.39. The van der Waals surface area contributed by atoms with Crippen LogP contribution in [0.3, 0.4) is 0 Å². The second kappa shape index (κ2) is 10.7. The topological polar surface area (TPSA) is 78.9 Å². The summed E-state index contributed by atoms with van der Waals surface area (Å²) in [4.78, 5) is 10.4. The number of thiophene rings is 1. The lowest BCUT2D eigenvalue weighted by molar-refractivity contribution is 0.0702. The number of hydrazone groups is 1. The number of anilines is 1. The molecule has 1 aliphatic rings. The number of halogens is 4. The van der Waals surface area contributed by atoms with Gasteiger partial charge < -0.3 is 10.8 Å². The molecule has 10 heteroatoms. The van der Waals surface area contributed by atoms with Crippen molar-refractivity contribution in [3.8, 4) is 0 Å². The summed E-state index contributed by atoms with van der Waals surface area (Å²) in [6, 6.07) is 16.2. The number of hydrogen-bond donors (Lipinski definition) is 2. The maximum Gasteiger partial charge on any atom is 0.345 e. The minimum atomic E-state index is -0.924. The fourth-order valence-corrected chi connectivity index (χ4v) is 4.46. The molecule has 0 fully saturated rings. The number of carboxylic acid groups (broad SMARTS) is 1. The van der Waals surface area contributed by atoms with Crippen LogP contribution in [0.5, 0.6) is 0 Å². The minimum absolute atomic E-state index is 0.0505. The van der Waals surface area contributed by atoms with E-state index in [4.69, 9.17) is 57.2 Å². The van der Waals surface area contributed by atoms with Gasteiger partial charge in [0.1, 0.15) is 4.88 Å². The van der Waals surface area contributed by atoms with Crippen molar-refractivity contribution in [2.75, 3.05) is 11.6 Å². The van der Waals surface area contributed by atoms with Gasteiger partial charge in [0.2, 0.25) is 0 Å². The second-order valence-corrected chi connectivity index (χ2v) is 9.49. The largest absolute Gasteiger partial charge is 0.477 e. The molecule has 1 aromatic heterocycles. The van der Waals surface area contributed by atoms with E-state index >= 15 is 0 Å². The normalized spacial score (nSPS) is 15.3. The Labute approximate surface area is 203 Å². The van der Waals surface area contributed by atoms with Crippen molar-refractivity contribution in [1.29, 1.82) is 0 Å². The third-order valence-electron chi connectivity index (χ3n) is 4.40. The van der Waals surface area contributed by atoms with Crippen LogP contribution < -0.4 is 10.7 Å². The van der Waals surface area contributed by atoms with Crippen LogP contribution >= 0.6 is 57.7 Å². The lowest BCUT2D eigenvalue weighted by Gasteiger charge is -2.25. The van der Waals surface area contributed by atoms with Crippen LogP contribution in [-0.2, 0) is 0 Å². The van der Waals surface area contributed by atoms with Gasteiger partial charge in [0.15, 0.2) is 0 Å². The van der Waals surface area contributed by atoms with Crippen molar-refractivity contribution in [2.45, 2.75) is 12.5 Å². The van der Waals surface area contributed by atoms with Gasteiger partial charge in [-0.3, -0.25) is 5.01 Å². The molecule has 162 valence electrons. The number of benzene rings is 2. The van der Waals surface area contributed by atoms with Crippen LogP contribution in [0.4, 0.5) is 5.69 Å². The Balaban J connectivity index is 0.000000254. The number of nitrogens with zero attached hydrogens (tertiary/aromatic N) is 2. The third kappa shape index (κ3) is 6.13.